The third-order valence-corrected chi connectivity index (χ3v) is 7.46. The molecule has 0 unspecified atom stereocenters. The molecule has 2 aromatic rings. The molecule has 0 radical (unpaired) electrons. The number of piperidine rings is 1. The molecule has 1 aromatic heterocycles. The second kappa shape index (κ2) is 10.9. The van der Waals surface area contributed by atoms with Crippen molar-refractivity contribution in [2.75, 3.05) is 21.3 Å². The summed E-state index contributed by atoms with van der Waals surface area (Å²) in [6.45, 7) is 4.64. The van der Waals surface area contributed by atoms with E-state index >= 15 is 0 Å². The maximum atomic E-state index is 13.8. The molecule has 0 spiro atoms. The van der Waals surface area contributed by atoms with Crippen molar-refractivity contribution in [3.63, 3.8) is 0 Å². The summed E-state index contributed by atoms with van der Waals surface area (Å²) < 4.78 is 21.4. The van der Waals surface area contributed by atoms with Crippen molar-refractivity contribution in [2.24, 2.45) is 16.7 Å². The molecule has 1 N–H and O–H groups in total. The SMILES string of the molecule is COC(=O)[C@@]12C[C@@H](CC(=O)NCc3ccc(OC)c(OC)c3)C(=O)N(Cc3ccco3)C1=CCC(C)(C)C2. The van der Waals surface area contributed by atoms with Crippen molar-refractivity contribution >= 4 is 17.8 Å². The topological polar surface area (TPSA) is 107 Å². The quantitative estimate of drug-likeness (QED) is 0.490. The Kier molecular flexibility index (Phi) is 7.85. The number of allylic oxidation sites excluding steroid dienone is 1. The third kappa shape index (κ3) is 5.42. The first-order valence-electron chi connectivity index (χ1n) is 12.7. The average Bonchev–Trinajstić information content (AvgIpc) is 3.41. The molecule has 1 fully saturated rings. The zero-order valence-electron chi connectivity index (χ0n) is 22.7. The Labute approximate surface area is 223 Å². The Morgan fingerprint density at radius 3 is 2.55 bits per heavy atom. The van der Waals surface area contributed by atoms with Crippen LogP contribution in [-0.4, -0.2) is 44.0 Å². The predicted molar refractivity (Wildman–Crippen MR) is 139 cm³/mol. The molecule has 1 aliphatic heterocycles. The number of hydrogen-bond acceptors (Lipinski definition) is 7. The summed E-state index contributed by atoms with van der Waals surface area (Å²) in [6, 6.07) is 8.96. The Morgan fingerprint density at radius 2 is 1.89 bits per heavy atom. The summed E-state index contributed by atoms with van der Waals surface area (Å²) in [4.78, 5) is 41.8. The van der Waals surface area contributed by atoms with Crippen LogP contribution in [0.5, 0.6) is 11.5 Å². The van der Waals surface area contributed by atoms with Gasteiger partial charge in [-0.25, -0.2) is 0 Å². The van der Waals surface area contributed by atoms with Gasteiger partial charge < -0.3 is 28.8 Å². The minimum absolute atomic E-state index is 0.0484. The van der Waals surface area contributed by atoms with Crippen LogP contribution < -0.4 is 14.8 Å². The van der Waals surface area contributed by atoms with Gasteiger partial charge in [0.05, 0.1) is 34.1 Å². The van der Waals surface area contributed by atoms with E-state index in [0.29, 0.717) is 29.4 Å². The monoisotopic (exact) mass is 524 g/mol. The number of hydrogen-bond donors (Lipinski definition) is 1. The van der Waals surface area contributed by atoms with Gasteiger partial charge in [-0.1, -0.05) is 26.0 Å². The number of carbonyl (C=O) groups excluding carboxylic acids is 3. The molecule has 4 rings (SSSR count). The first kappa shape index (κ1) is 27.3. The number of fused-ring (bicyclic) bond motifs is 1. The number of amides is 2. The highest BCUT2D eigenvalue weighted by Gasteiger charge is 2.57. The normalized spacial score (nSPS) is 22.2. The molecule has 1 saturated heterocycles. The van der Waals surface area contributed by atoms with Crippen LogP contribution in [0.4, 0.5) is 0 Å². The zero-order valence-corrected chi connectivity index (χ0v) is 22.7. The lowest BCUT2D eigenvalue weighted by Gasteiger charge is -2.51. The number of ether oxygens (including phenoxy) is 3. The predicted octanol–water partition coefficient (Wildman–Crippen LogP) is 4.22. The third-order valence-electron chi connectivity index (χ3n) is 7.46. The first-order chi connectivity index (χ1) is 18.1. The van der Waals surface area contributed by atoms with Gasteiger partial charge in [0.15, 0.2) is 11.5 Å². The standard InChI is InChI=1S/C29H36N2O7/c1-28(2)11-10-24-29(18-28,27(34)37-5)15-20(26(33)31(24)17-21-7-6-12-38-21)14-25(32)30-16-19-8-9-22(35-3)23(13-19)36-4/h6-10,12-13,20H,11,14-18H2,1-5H3,(H,30,32)/t20-,29-/m1/s1. The van der Waals surface area contributed by atoms with Crippen LogP contribution in [0.1, 0.15) is 50.9 Å². The van der Waals surface area contributed by atoms with Crippen LogP contribution in [-0.2, 0) is 32.2 Å². The average molecular weight is 525 g/mol. The number of furan rings is 1. The Hall–Kier alpha value is -3.75. The van der Waals surface area contributed by atoms with Gasteiger partial charge in [-0.2, -0.15) is 0 Å². The molecule has 2 aliphatic rings. The highest BCUT2D eigenvalue weighted by Crippen LogP contribution is 2.55. The van der Waals surface area contributed by atoms with Crippen molar-refractivity contribution in [1.29, 1.82) is 0 Å². The molecule has 1 aliphatic carbocycles. The summed E-state index contributed by atoms with van der Waals surface area (Å²) >= 11 is 0. The van der Waals surface area contributed by atoms with E-state index in [1.807, 2.05) is 12.1 Å². The number of rotatable bonds is 9. The van der Waals surface area contributed by atoms with Crippen molar-refractivity contribution in [3.05, 3.63) is 59.7 Å². The van der Waals surface area contributed by atoms with Crippen LogP contribution in [0.25, 0.3) is 0 Å². The molecule has 9 nitrogen and oxygen atoms in total. The smallest absolute Gasteiger partial charge is 0.317 e. The van der Waals surface area contributed by atoms with Gasteiger partial charge in [0.2, 0.25) is 11.8 Å². The van der Waals surface area contributed by atoms with E-state index in [1.54, 1.807) is 49.6 Å². The zero-order chi connectivity index (χ0) is 27.5. The van der Waals surface area contributed by atoms with Crippen molar-refractivity contribution in [1.82, 2.24) is 10.2 Å². The lowest BCUT2D eigenvalue weighted by atomic mass is 9.59. The largest absolute Gasteiger partial charge is 0.493 e. The lowest BCUT2D eigenvalue weighted by Crippen LogP contribution is -2.55. The highest BCUT2D eigenvalue weighted by molar-refractivity contribution is 5.92. The van der Waals surface area contributed by atoms with Crippen LogP contribution >= 0.6 is 0 Å². The van der Waals surface area contributed by atoms with E-state index in [9.17, 15) is 14.4 Å². The van der Waals surface area contributed by atoms with E-state index in [2.05, 4.69) is 19.2 Å². The molecule has 9 heteroatoms. The molecule has 1 aromatic carbocycles. The van der Waals surface area contributed by atoms with Gasteiger partial charge in [-0.3, -0.25) is 14.4 Å². The Morgan fingerprint density at radius 1 is 1.13 bits per heavy atom. The maximum Gasteiger partial charge on any atom is 0.317 e. The second-order valence-electron chi connectivity index (χ2n) is 10.8. The molecule has 38 heavy (non-hydrogen) atoms. The van der Waals surface area contributed by atoms with Gasteiger partial charge >= 0.3 is 5.97 Å². The van der Waals surface area contributed by atoms with Gasteiger partial charge in [0.1, 0.15) is 11.2 Å². The van der Waals surface area contributed by atoms with Crippen LogP contribution in [0, 0.1) is 16.7 Å². The Bertz CT molecular complexity index is 1220. The van der Waals surface area contributed by atoms with Crippen molar-refractivity contribution in [2.45, 2.75) is 52.6 Å². The lowest BCUT2D eigenvalue weighted by molar-refractivity contribution is -0.162. The van der Waals surface area contributed by atoms with Crippen LogP contribution in [0.3, 0.4) is 0 Å². The van der Waals surface area contributed by atoms with Gasteiger partial charge in [-0.15, -0.1) is 0 Å². The van der Waals surface area contributed by atoms with Crippen LogP contribution in [0.15, 0.2) is 52.8 Å². The number of methoxy groups -OCH3 is 3. The fraction of sp³-hybridized carbons (Fsp3) is 0.483. The first-order valence-corrected chi connectivity index (χ1v) is 12.7. The number of carbonyl (C=O) groups is 3. The molecule has 204 valence electrons. The minimum atomic E-state index is -1.02. The number of benzene rings is 1. The van der Waals surface area contributed by atoms with Crippen molar-refractivity contribution < 1.29 is 33.0 Å². The number of nitrogens with zero attached hydrogens (tertiary/aromatic N) is 1. The Balaban J connectivity index is 1.58. The molecule has 0 bridgehead atoms. The maximum absolute atomic E-state index is 13.8. The summed E-state index contributed by atoms with van der Waals surface area (Å²) in [6.07, 6.45) is 4.94. The highest BCUT2D eigenvalue weighted by atomic mass is 16.5. The molecule has 2 amide bonds. The molecular weight excluding hydrogens is 488 g/mol. The fourth-order valence-corrected chi connectivity index (χ4v) is 5.76. The molecule has 2 heterocycles. The molecule has 0 saturated carbocycles. The number of likely N-dealkylation sites (tertiary alicyclic amines) is 1. The second-order valence-corrected chi connectivity index (χ2v) is 10.8. The molecular formula is C29H36N2O7. The van der Waals surface area contributed by atoms with E-state index < -0.39 is 11.3 Å². The van der Waals surface area contributed by atoms with E-state index in [1.165, 1.54) is 7.11 Å². The van der Waals surface area contributed by atoms with Gasteiger partial charge in [-0.05, 0) is 54.5 Å². The summed E-state index contributed by atoms with van der Waals surface area (Å²) in [5.41, 5.74) is 0.280. The van der Waals surface area contributed by atoms with Gasteiger partial charge in [0, 0.05) is 24.6 Å². The minimum Gasteiger partial charge on any atom is -0.493 e. The number of nitrogens with one attached hydrogen (secondary N) is 1. The van der Waals surface area contributed by atoms with E-state index in [-0.39, 0.29) is 49.1 Å². The van der Waals surface area contributed by atoms with E-state index in [0.717, 1.165) is 12.0 Å². The van der Waals surface area contributed by atoms with E-state index in [4.69, 9.17) is 18.6 Å². The number of esters is 1. The van der Waals surface area contributed by atoms with Crippen LogP contribution in [0.2, 0.25) is 0 Å². The molecule has 2 atom stereocenters. The van der Waals surface area contributed by atoms with Crippen molar-refractivity contribution in [3.8, 4) is 11.5 Å². The summed E-state index contributed by atoms with van der Waals surface area (Å²) in [5.74, 6) is 0.201. The summed E-state index contributed by atoms with van der Waals surface area (Å²) in [7, 11) is 4.48. The van der Waals surface area contributed by atoms with Gasteiger partial charge in [0.25, 0.3) is 0 Å². The fourth-order valence-electron chi connectivity index (χ4n) is 5.76. The summed E-state index contributed by atoms with van der Waals surface area (Å²) in [5, 5.41) is 2.90.